The lowest BCUT2D eigenvalue weighted by atomic mass is 9.83. The van der Waals surface area contributed by atoms with Crippen LogP contribution in [0.3, 0.4) is 0 Å². The normalized spacial score (nSPS) is 11.6. The Hall–Kier alpha value is -1.63. The summed E-state index contributed by atoms with van der Waals surface area (Å²) in [5.74, 6) is 0. The van der Waals surface area contributed by atoms with E-state index in [1.807, 2.05) is 12.3 Å². The van der Waals surface area contributed by atoms with E-state index in [9.17, 15) is 0 Å². The molecule has 2 rings (SSSR count). The summed E-state index contributed by atoms with van der Waals surface area (Å²) in [7, 11) is 0. The minimum atomic E-state index is 0.196. The molecule has 0 atom stereocenters. The van der Waals surface area contributed by atoms with Crippen LogP contribution in [-0.2, 0) is 5.41 Å². The number of aromatic nitrogens is 1. The molecule has 0 saturated carbocycles. The number of hydrogen-bond acceptors (Lipinski definition) is 1. The van der Waals surface area contributed by atoms with Crippen LogP contribution in [-0.4, -0.2) is 4.98 Å². The zero-order valence-corrected chi connectivity index (χ0v) is 11.9. The molecule has 94 valence electrons. The first-order valence-electron chi connectivity index (χ1n) is 6.43. The minimum Gasteiger partial charge on any atom is -0.256 e. The van der Waals surface area contributed by atoms with Gasteiger partial charge in [0.25, 0.3) is 0 Å². The fourth-order valence-electron chi connectivity index (χ4n) is 2.44. The van der Waals surface area contributed by atoms with Crippen LogP contribution in [0.15, 0.2) is 36.5 Å². The highest BCUT2D eigenvalue weighted by molar-refractivity contribution is 5.64. The van der Waals surface area contributed by atoms with Crippen molar-refractivity contribution >= 4 is 0 Å². The Morgan fingerprint density at radius 3 is 2.22 bits per heavy atom. The van der Waals surface area contributed by atoms with Crippen LogP contribution in [0.25, 0.3) is 11.3 Å². The van der Waals surface area contributed by atoms with Crippen LogP contribution >= 0.6 is 0 Å². The van der Waals surface area contributed by atoms with E-state index in [-0.39, 0.29) is 5.41 Å². The number of pyridine rings is 1. The largest absolute Gasteiger partial charge is 0.256 e. The van der Waals surface area contributed by atoms with E-state index in [2.05, 4.69) is 63.9 Å². The summed E-state index contributed by atoms with van der Waals surface area (Å²) >= 11 is 0. The summed E-state index contributed by atoms with van der Waals surface area (Å²) in [6, 6.07) is 10.8. The Morgan fingerprint density at radius 1 is 0.944 bits per heavy atom. The molecule has 1 heteroatoms. The Kier molecular flexibility index (Phi) is 3.25. The molecule has 0 N–H and O–H groups in total. The van der Waals surface area contributed by atoms with Crippen molar-refractivity contribution in [1.82, 2.24) is 4.98 Å². The predicted octanol–water partition coefficient (Wildman–Crippen LogP) is 4.66. The van der Waals surface area contributed by atoms with Crippen molar-refractivity contribution < 1.29 is 0 Å². The van der Waals surface area contributed by atoms with E-state index in [1.165, 1.54) is 22.3 Å². The van der Waals surface area contributed by atoms with E-state index in [1.54, 1.807) is 0 Å². The monoisotopic (exact) mass is 239 g/mol. The van der Waals surface area contributed by atoms with Crippen molar-refractivity contribution in [2.75, 3.05) is 0 Å². The number of aryl methyl sites for hydroxylation is 2. The molecule has 1 heterocycles. The lowest BCUT2D eigenvalue weighted by molar-refractivity contribution is 0.586. The van der Waals surface area contributed by atoms with Gasteiger partial charge >= 0.3 is 0 Å². The molecular formula is C17H21N. The lowest BCUT2D eigenvalue weighted by Gasteiger charge is -2.22. The Labute approximate surface area is 110 Å². The first-order chi connectivity index (χ1) is 8.39. The summed E-state index contributed by atoms with van der Waals surface area (Å²) in [6.45, 7) is 11.0. The highest BCUT2D eigenvalue weighted by atomic mass is 14.7. The molecule has 0 spiro atoms. The highest BCUT2D eigenvalue weighted by Gasteiger charge is 2.16. The standard InChI is InChI=1S/C17H21N/c1-12-7-6-10-18-16(12)14-8-9-15(13(2)11-14)17(3,4)5/h6-11H,1-5H3. The number of hydrogen-bond donors (Lipinski definition) is 0. The van der Waals surface area contributed by atoms with Crippen LogP contribution in [0.2, 0.25) is 0 Å². The van der Waals surface area contributed by atoms with Gasteiger partial charge < -0.3 is 0 Å². The summed E-state index contributed by atoms with van der Waals surface area (Å²) < 4.78 is 0. The summed E-state index contributed by atoms with van der Waals surface area (Å²) in [5.41, 5.74) is 6.45. The van der Waals surface area contributed by atoms with Gasteiger partial charge in [0.05, 0.1) is 5.69 Å². The van der Waals surface area contributed by atoms with Crippen LogP contribution in [0, 0.1) is 13.8 Å². The van der Waals surface area contributed by atoms with E-state index in [0.717, 1.165) is 5.69 Å². The number of nitrogens with zero attached hydrogens (tertiary/aromatic N) is 1. The molecule has 0 unspecified atom stereocenters. The Bertz CT molecular complexity index is 562. The predicted molar refractivity (Wildman–Crippen MR) is 77.8 cm³/mol. The lowest BCUT2D eigenvalue weighted by Crippen LogP contribution is -2.12. The maximum atomic E-state index is 4.48. The van der Waals surface area contributed by atoms with Gasteiger partial charge in [0.15, 0.2) is 0 Å². The van der Waals surface area contributed by atoms with E-state index >= 15 is 0 Å². The quantitative estimate of drug-likeness (QED) is 0.705. The van der Waals surface area contributed by atoms with Crippen LogP contribution < -0.4 is 0 Å². The second-order valence-corrected chi connectivity index (χ2v) is 5.95. The van der Waals surface area contributed by atoms with Gasteiger partial charge in [-0.25, -0.2) is 0 Å². The van der Waals surface area contributed by atoms with Crippen molar-refractivity contribution in [1.29, 1.82) is 0 Å². The number of benzene rings is 1. The molecule has 0 aliphatic heterocycles. The molecule has 1 aromatic heterocycles. The van der Waals surface area contributed by atoms with E-state index < -0.39 is 0 Å². The Morgan fingerprint density at radius 2 is 1.67 bits per heavy atom. The molecule has 0 aliphatic carbocycles. The SMILES string of the molecule is Cc1cc(-c2ncccc2C)ccc1C(C)(C)C. The molecule has 18 heavy (non-hydrogen) atoms. The van der Waals surface area contributed by atoms with Gasteiger partial charge in [-0.2, -0.15) is 0 Å². The minimum absolute atomic E-state index is 0.196. The molecule has 0 bridgehead atoms. The molecule has 0 radical (unpaired) electrons. The third kappa shape index (κ3) is 2.45. The van der Waals surface area contributed by atoms with Gasteiger partial charge in [-0.1, -0.05) is 39.0 Å². The Balaban J connectivity index is 2.51. The first-order valence-corrected chi connectivity index (χ1v) is 6.43. The topological polar surface area (TPSA) is 12.9 Å². The third-order valence-electron chi connectivity index (χ3n) is 3.32. The molecular weight excluding hydrogens is 218 g/mol. The van der Waals surface area contributed by atoms with Gasteiger partial charge in [-0.05, 0) is 48.1 Å². The zero-order chi connectivity index (χ0) is 13.3. The van der Waals surface area contributed by atoms with E-state index in [0.29, 0.717) is 0 Å². The molecule has 0 aliphatic rings. The molecule has 0 fully saturated rings. The van der Waals surface area contributed by atoms with Crippen LogP contribution in [0.4, 0.5) is 0 Å². The number of rotatable bonds is 1. The smallest absolute Gasteiger partial charge is 0.0731 e. The van der Waals surface area contributed by atoms with E-state index in [4.69, 9.17) is 0 Å². The van der Waals surface area contributed by atoms with Crippen molar-refractivity contribution in [2.45, 2.75) is 40.0 Å². The van der Waals surface area contributed by atoms with Gasteiger partial charge in [-0.3, -0.25) is 4.98 Å². The average Bonchev–Trinajstić information content (AvgIpc) is 2.27. The average molecular weight is 239 g/mol. The third-order valence-corrected chi connectivity index (χ3v) is 3.32. The zero-order valence-electron chi connectivity index (χ0n) is 11.9. The van der Waals surface area contributed by atoms with Crippen molar-refractivity contribution in [3.05, 3.63) is 53.2 Å². The van der Waals surface area contributed by atoms with Gasteiger partial charge in [-0.15, -0.1) is 0 Å². The van der Waals surface area contributed by atoms with Crippen LogP contribution in [0.1, 0.15) is 37.5 Å². The van der Waals surface area contributed by atoms with Gasteiger partial charge in [0.2, 0.25) is 0 Å². The molecule has 2 aromatic rings. The summed E-state index contributed by atoms with van der Waals surface area (Å²) in [6.07, 6.45) is 1.86. The molecule has 0 saturated heterocycles. The molecule has 1 aromatic carbocycles. The fourth-order valence-corrected chi connectivity index (χ4v) is 2.44. The van der Waals surface area contributed by atoms with Crippen LogP contribution in [0.5, 0.6) is 0 Å². The van der Waals surface area contributed by atoms with Crippen molar-refractivity contribution in [3.63, 3.8) is 0 Å². The second kappa shape index (κ2) is 4.56. The molecule has 0 amide bonds. The molecule has 1 nitrogen and oxygen atoms in total. The maximum absolute atomic E-state index is 4.48. The van der Waals surface area contributed by atoms with Crippen molar-refractivity contribution in [2.24, 2.45) is 0 Å². The van der Waals surface area contributed by atoms with Gasteiger partial charge in [0, 0.05) is 11.8 Å². The fraction of sp³-hybridized carbons (Fsp3) is 0.353. The summed E-state index contributed by atoms with van der Waals surface area (Å²) in [5, 5.41) is 0. The van der Waals surface area contributed by atoms with Gasteiger partial charge in [0.1, 0.15) is 0 Å². The maximum Gasteiger partial charge on any atom is 0.0731 e. The summed E-state index contributed by atoms with van der Waals surface area (Å²) in [4.78, 5) is 4.48. The second-order valence-electron chi connectivity index (χ2n) is 5.95. The first kappa shape index (κ1) is 12.8. The highest BCUT2D eigenvalue weighted by Crippen LogP contribution is 2.29. The van der Waals surface area contributed by atoms with Crippen molar-refractivity contribution in [3.8, 4) is 11.3 Å².